The normalized spacial score (nSPS) is 12.5. The van der Waals surface area contributed by atoms with Crippen molar-refractivity contribution < 1.29 is 33.8 Å². The molecule has 2 atom stereocenters. The van der Waals surface area contributed by atoms with E-state index in [2.05, 4.69) is 23.8 Å². The number of aliphatic hydroxyl groups is 1. The molecule has 10 nitrogen and oxygen atoms in total. The summed E-state index contributed by atoms with van der Waals surface area (Å²) in [6, 6.07) is 4.32. The van der Waals surface area contributed by atoms with Crippen LogP contribution >= 0.6 is 0 Å². The number of hydrogen-bond donors (Lipinski definition) is 3. The SMILES string of the molecule is C=CCN(C(=O)C(CO)NC(=O)OC(C)(C)C)C(C(=O)NCCC(=O)OCC)c1cccc(C=C)c1. The van der Waals surface area contributed by atoms with E-state index < -0.39 is 48.2 Å². The van der Waals surface area contributed by atoms with Crippen molar-refractivity contribution in [2.45, 2.75) is 51.8 Å². The fraction of sp³-hybridized carbons (Fsp3) is 0.462. The lowest BCUT2D eigenvalue weighted by atomic mass is 10.0. The molecular formula is C26H37N3O7. The molecule has 0 heterocycles. The average Bonchev–Trinajstić information content (AvgIpc) is 2.81. The second kappa shape index (κ2) is 14.7. The van der Waals surface area contributed by atoms with Crippen molar-refractivity contribution in [1.29, 1.82) is 0 Å². The summed E-state index contributed by atoms with van der Waals surface area (Å²) in [7, 11) is 0. The predicted octanol–water partition coefficient (Wildman–Crippen LogP) is 2.34. The lowest BCUT2D eigenvalue weighted by Crippen LogP contribution is -2.54. The zero-order valence-electron chi connectivity index (χ0n) is 21.4. The van der Waals surface area contributed by atoms with Gasteiger partial charge in [-0.25, -0.2) is 4.79 Å². The predicted molar refractivity (Wildman–Crippen MR) is 136 cm³/mol. The molecular weight excluding hydrogens is 466 g/mol. The van der Waals surface area contributed by atoms with Gasteiger partial charge in [-0.3, -0.25) is 14.4 Å². The van der Waals surface area contributed by atoms with Gasteiger partial charge in [0, 0.05) is 13.1 Å². The van der Waals surface area contributed by atoms with E-state index in [1.807, 2.05) is 0 Å². The van der Waals surface area contributed by atoms with E-state index >= 15 is 0 Å². The van der Waals surface area contributed by atoms with Gasteiger partial charge in [-0.15, -0.1) is 6.58 Å². The Kier molecular flexibility index (Phi) is 12.4. The van der Waals surface area contributed by atoms with Crippen LogP contribution in [0, 0.1) is 0 Å². The minimum atomic E-state index is -1.38. The van der Waals surface area contributed by atoms with Gasteiger partial charge >= 0.3 is 12.1 Å². The second-order valence-electron chi connectivity index (χ2n) is 8.78. The average molecular weight is 504 g/mol. The molecule has 0 radical (unpaired) electrons. The quantitative estimate of drug-likeness (QED) is 0.278. The topological polar surface area (TPSA) is 134 Å². The summed E-state index contributed by atoms with van der Waals surface area (Å²) >= 11 is 0. The molecule has 0 saturated carbocycles. The number of amides is 3. The van der Waals surface area contributed by atoms with Crippen molar-refractivity contribution in [2.75, 3.05) is 26.3 Å². The molecule has 0 spiro atoms. The highest BCUT2D eigenvalue weighted by molar-refractivity contribution is 5.92. The van der Waals surface area contributed by atoms with E-state index in [0.717, 1.165) is 0 Å². The summed E-state index contributed by atoms with van der Waals surface area (Å²) in [4.78, 5) is 51.9. The van der Waals surface area contributed by atoms with Crippen molar-refractivity contribution in [3.05, 3.63) is 54.6 Å². The van der Waals surface area contributed by atoms with Crippen LogP contribution in [0.15, 0.2) is 43.5 Å². The summed E-state index contributed by atoms with van der Waals surface area (Å²) in [5.74, 6) is -1.76. The molecule has 3 amide bonds. The second-order valence-corrected chi connectivity index (χ2v) is 8.78. The third kappa shape index (κ3) is 9.91. The molecule has 1 aromatic carbocycles. The molecule has 1 rings (SSSR count). The molecule has 10 heteroatoms. The van der Waals surface area contributed by atoms with Crippen molar-refractivity contribution in [3.8, 4) is 0 Å². The molecule has 0 aliphatic heterocycles. The van der Waals surface area contributed by atoms with Crippen molar-refractivity contribution >= 4 is 30.0 Å². The largest absolute Gasteiger partial charge is 0.466 e. The number of esters is 1. The van der Waals surface area contributed by atoms with Crippen LogP contribution in [0.4, 0.5) is 4.79 Å². The van der Waals surface area contributed by atoms with Crippen LogP contribution in [-0.4, -0.2) is 71.8 Å². The van der Waals surface area contributed by atoms with E-state index in [4.69, 9.17) is 9.47 Å². The van der Waals surface area contributed by atoms with Gasteiger partial charge in [0.2, 0.25) is 11.8 Å². The monoisotopic (exact) mass is 503 g/mol. The van der Waals surface area contributed by atoms with Crippen molar-refractivity contribution in [3.63, 3.8) is 0 Å². The highest BCUT2D eigenvalue weighted by Gasteiger charge is 2.35. The Morgan fingerprint density at radius 3 is 2.44 bits per heavy atom. The van der Waals surface area contributed by atoms with Crippen LogP contribution in [0.2, 0.25) is 0 Å². The number of carbonyl (C=O) groups excluding carboxylic acids is 4. The van der Waals surface area contributed by atoms with Crippen molar-refractivity contribution in [2.24, 2.45) is 0 Å². The fourth-order valence-electron chi connectivity index (χ4n) is 3.24. The number of hydrogen-bond acceptors (Lipinski definition) is 7. The molecule has 198 valence electrons. The maximum Gasteiger partial charge on any atom is 0.408 e. The first-order chi connectivity index (χ1) is 17.0. The van der Waals surface area contributed by atoms with Gasteiger partial charge in [0.25, 0.3) is 0 Å². The number of benzene rings is 1. The van der Waals surface area contributed by atoms with Crippen LogP contribution in [0.3, 0.4) is 0 Å². The summed E-state index contributed by atoms with van der Waals surface area (Å²) < 4.78 is 10.1. The summed E-state index contributed by atoms with van der Waals surface area (Å²) in [5, 5.41) is 14.9. The minimum Gasteiger partial charge on any atom is -0.466 e. The smallest absolute Gasteiger partial charge is 0.408 e. The van der Waals surface area contributed by atoms with Crippen LogP contribution < -0.4 is 10.6 Å². The van der Waals surface area contributed by atoms with Crippen LogP contribution in [-0.2, 0) is 23.9 Å². The Hall–Kier alpha value is -3.66. The minimum absolute atomic E-state index is 0.00891. The first kappa shape index (κ1) is 30.4. The molecule has 0 aliphatic rings. The standard InChI is InChI=1S/C26H37N3O7/c1-7-15-29(24(33)20(17-30)28-25(34)36-26(4,5)6)22(19-12-10-11-18(8-2)16-19)23(32)27-14-13-21(31)35-9-3/h7-8,10-12,16,20,22,30H,1-2,9,13-15,17H2,3-6H3,(H,27,32)(H,28,34). The first-order valence-corrected chi connectivity index (χ1v) is 11.6. The first-order valence-electron chi connectivity index (χ1n) is 11.6. The van der Waals surface area contributed by atoms with E-state index in [9.17, 15) is 24.3 Å². The highest BCUT2D eigenvalue weighted by atomic mass is 16.6. The zero-order valence-corrected chi connectivity index (χ0v) is 21.4. The molecule has 0 aliphatic carbocycles. The number of carbonyl (C=O) groups is 4. The zero-order chi connectivity index (χ0) is 27.3. The summed E-state index contributed by atoms with van der Waals surface area (Å²) in [5.41, 5.74) is 0.360. The maximum absolute atomic E-state index is 13.5. The molecule has 0 bridgehead atoms. The van der Waals surface area contributed by atoms with Crippen LogP contribution in [0.5, 0.6) is 0 Å². The van der Waals surface area contributed by atoms with E-state index in [-0.39, 0.29) is 26.1 Å². The Balaban J connectivity index is 3.30. The molecule has 0 fully saturated rings. The number of nitrogens with zero attached hydrogens (tertiary/aromatic N) is 1. The Morgan fingerprint density at radius 1 is 1.19 bits per heavy atom. The summed E-state index contributed by atoms with van der Waals surface area (Å²) in [6.07, 6.45) is 2.08. The molecule has 0 saturated heterocycles. The Morgan fingerprint density at radius 2 is 1.89 bits per heavy atom. The summed E-state index contributed by atoms with van der Waals surface area (Å²) in [6.45, 7) is 13.5. The molecule has 1 aromatic rings. The number of ether oxygens (including phenoxy) is 2. The molecule has 0 aromatic heterocycles. The number of rotatable bonds is 13. The Labute approximate surface area is 212 Å². The third-order valence-corrected chi connectivity index (χ3v) is 4.74. The van der Waals surface area contributed by atoms with Gasteiger partial charge in [-0.05, 0) is 44.9 Å². The van der Waals surface area contributed by atoms with Gasteiger partial charge in [-0.1, -0.05) is 36.9 Å². The van der Waals surface area contributed by atoms with Crippen LogP contribution in [0.1, 0.15) is 51.3 Å². The van der Waals surface area contributed by atoms with E-state index in [1.165, 1.54) is 11.0 Å². The van der Waals surface area contributed by atoms with Gasteiger partial charge in [0.15, 0.2) is 0 Å². The lowest BCUT2D eigenvalue weighted by molar-refractivity contribution is -0.144. The lowest BCUT2D eigenvalue weighted by Gasteiger charge is -2.33. The van der Waals surface area contributed by atoms with E-state index in [1.54, 1.807) is 58.0 Å². The number of alkyl carbamates (subject to hydrolysis) is 1. The third-order valence-electron chi connectivity index (χ3n) is 4.74. The van der Waals surface area contributed by atoms with Gasteiger partial charge in [-0.2, -0.15) is 0 Å². The molecule has 36 heavy (non-hydrogen) atoms. The van der Waals surface area contributed by atoms with Gasteiger partial charge < -0.3 is 30.1 Å². The molecule has 3 N–H and O–H groups in total. The Bertz CT molecular complexity index is 940. The molecule has 2 unspecified atom stereocenters. The maximum atomic E-state index is 13.5. The van der Waals surface area contributed by atoms with Crippen molar-refractivity contribution in [1.82, 2.24) is 15.5 Å². The highest BCUT2D eigenvalue weighted by Crippen LogP contribution is 2.24. The number of nitrogens with one attached hydrogen (secondary N) is 2. The van der Waals surface area contributed by atoms with Gasteiger partial charge in [0.05, 0.1) is 19.6 Å². The number of aliphatic hydroxyl groups excluding tert-OH is 1. The van der Waals surface area contributed by atoms with Gasteiger partial charge in [0.1, 0.15) is 17.7 Å². The fourth-order valence-corrected chi connectivity index (χ4v) is 3.24. The van der Waals surface area contributed by atoms with E-state index in [0.29, 0.717) is 11.1 Å². The van der Waals surface area contributed by atoms with Crippen LogP contribution in [0.25, 0.3) is 6.08 Å².